The van der Waals surface area contributed by atoms with Crippen molar-refractivity contribution in [1.29, 1.82) is 0 Å². The molecule has 1 aliphatic rings. The molecule has 3 rings (SSSR count). The predicted octanol–water partition coefficient (Wildman–Crippen LogP) is 1.34. The summed E-state index contributed by atoms with van der Waals surface area (Å²) in [6.07, 6.45) is 6.82. The molecule has 0 aromatic carbocycles. The van der Waals surface area contributed by atoms with E-state index < -0.39 is 0 Å². The zero-order valence-electron chi connectivity index (χ0n) is 12.1. The molecule has 2 amide bonds. The molecule has 1 aliphatic heterocycles. The highest BCUT2D eigenvalue weighted by Crippen LogP contribution is 2.20. The summed E-state index contributed by atoms with van der Waals surface area (Å²) < 4.78 is 4.95. The summed E-state index contributed by atoms with van der Waals surface area (Å²) in [6, 6.07) is 5.55. The fourth-order valence-electron chi connectivity index (χ4n) is 2.54. The molecule has 1 saturated heterocycles. The van der Waals surface area contributed by atoms with Gasteiger partial charge in [0.2, 0.25) is 11.8 Å². The summed E-state index contributed by atoms with van der Waals surface area (Å²) in [6.45, 7) is 1.40. The van der Waals surface area contributed by atoms with E-state index in [1.54, 1.807) is 35.9 Å². The van der Waals surface area contributed by atoms with Crippen LogP contribution in [0.2, 0.25) is 0 Å². The smallest absolute Gasteiger partial charge is 0.225 e. The first kappa shape index (κ1) is 14.3. The molecule has 6 heteroatoms. The van der Waals surface area contributed by atoms with Crippen LogP contribution in [0, 0.1) is 5.92 Å². The van der Waals surface area contributed by atoms with Crippen molar-refractivity contribution in [2.75, 3.05) is 6.54 Å². The summed E-state index contributed by atoms with van der Waals surface area (Å²) in [4.78, 5) is 29.9. The lowest BCUT2D eigenvalue weighted by atomic mass is 10.1. The zero-order chi connectivity index (χ0) is 15.4. The molecule has 2 aromatic heterocycles. The van der Waals surface area contributed by atoms with E-state index in [1.807, 2.05) is 12.1 Å². The van der Waals surface area contributed by atoms with Crippen LogP contribution in [-0.4, -0.2) is 28.2 Å². The second-order valence-electron chi connectivity index (χ2n) is 5.38. The molecule has 0 bridgehead atoms. The largest absolute Gasteiger partial charge is 0.472 e. The number of pyridine rings is 1. The number of carbonyl (C=O) groups is 2. The predicted molar refractivity (Wildman–Crippen MR) is 78.3 cm³/mol. The molecule has 0 radical (unpaired) electrons. The molecular formula is C16H17N3O3. The van der Waals surface area contributed by atoms with Gasteiger partial charge in [0.15, 0.2) is 0 Å². The van der Waals surface area contributed by atoms with Crippen molar-refractivity contribution in [3.05, 3.63) is 54.2 Å². The molecule has 2 aromatic rings. The van der Waals surface area contributed by atoms with Gasteiger partial charge in [0.05, 0.1) is 18.4 Å². The van der Waals surface area contributed by atoms with Crippen LogP contribution in [0.4, 0.5) is 0 Å². The number of nitrogens with zero attached hydrogens (tertiary/aromatic N) is 2. The minimum atomic E-state index is -0.291. The summed E-state index contributed by atoms with van der Waals surface area (Å²) in [7, 11) is 0. The lowest BCUT2D eigenvalue weighted by Crippen LogP contribution is -2.32. The van der Waals surface area contributed by atoms with Crippen molar-refractivity contribution >= 4 is 11.8 Å². The normalized spacial score (nSPS) is 17.7. The van der Waals surface area contributed by atoms with Gasteiger partial charge in [-0.1, -0.05) is 0 Å². The molecule has 0 unspecified atom stereocenters. The second kappa shape index (κ2) is 6.43. The lowest BCUT2D eigenvalue weighted by Gasteiger charge is -2.16. The van der Waals surface area contributed by atoms with Crippen LogP contribution >= 0.6 is 0 Å². The van der Waals surface area contributed by atoms with E-state index in [4.69, 9.17) is 4.42 Å². The SMILES string of the molecule is O=C(NCc1ccoc1)[C@@H]1CC(=O)N(Cc2ccncc2)C1. The maximum atomic E-state index is 12.2. The third-order valence-electron chi connectivity index (χ3n) is 3.75. The van der Waals surface area contributed by atoms with Crippen molar-refractivity contribution in [2.45, 2.75) is 19.5 Å². The van der Waals surface area contributed by atoms with Crippen LogP contribution in [0.5, 0.6) is 0 Å². The van der Waals surface area contributed by atoms with Gasteiger partial charge in [0.1, 0.15) is 0 Å². The summed E-state index contributed by atoms with van der Waals surface area (Å²) >= 11 is 0. The van der Waals surface area contributed by atoms with Gasteiger partial charge in [0.25, 0.3) is 0 Å². The average molecular weight is 299 g/mol. The van der Waals surface area contributed by atoms with Gasteiger partial charge >= 0.3 is 0 Å². The first-order valence-electron chi connectivity index (χ1n) is 7.18. The minimum absolute atomic E-state index is 0.0141. The van der Waals surface area contributed by atoms with Gasteiger partial charge in [-0.3, -0.25) is 14.6 Å². The van der Waals surface area contributed by atoms with Crippen LogP contribution in [0.15, 0.2) is 47.5 Å². The van der Waals surface area contributed by atoms with Crippen LogP contribution < -0.4 is 5.32 Å². The summed E-state index contributed by atoms with van der Waals surface area (Å²) in [5.41, 5.74) is 1.93. The number of nitrogens with one attached hydrogen (secondary N) is 1. The van der Waals surface area contributed by atoms with Crippen LogP contribution in [0.25, 0.3) is 0 Å². The highest BCUT2D eigenvalue weighted by Gasteiger charge is 2.34. The molecule has 22 heavy (non-hydrogen) atoms. The van der Waals surface area contributed by atoms with E-state index in [0.717, 1.165) is 11.1 Å². The van der Waals surface area contributed by atoms with E-state index in [9.17, 15) is 9.59 Å². The molecule has 6 nitrogen and oxygen atoms in total. The van der Waals surface area contributed by atoms with Crippen molar-refractivity contribution < 1.29 is 14.0 Å². The van der Waals surface area contributed by atoms with Crippen molar-refractivity contribution in [1.82, 2.24) is 15.2 Å². The van der Waals surface area contributed by atoms with Crippen molar-refractivity contribution in [2.24, 2.45) is 5.92 Å². The van der Waals surface area contributed by atoms with Gasteiger partial charge < -0.3 is 14.6 Å². The van der Waals surface area contributed by atoms with Gasteiger partial charge in [0, 0.05) is 44.0 Å². The Morgan fingerprint density at radius 3 is 2.86 bits per heavy atom. The van der Waals surface area contributed by atoms with Crippen LogP contribution in [-0.2, 0) is 22.7 Å². The molecular weight excluding hydrogens is 282 g/mol. The topological polar surface area (TPSA) is 75.4 Å². The average Bonchev–Trinajstić information content (AvgIpc) is 3.16. The fourth-order valence-corrected chi connectivity index (χ4v) is 2.54. The molecule has 1 atom stereocenters. The molecule has 0 spiro atoms. The summed E-state index contributed by atoms with van der Waals surface area (Å²) in [5, 5.41) is 2.84. The number of likely N-dealkylation sites (tertiary alicyclic amines) is 1. The Hall–Kier alpha value is -2.63. The quantitative estimate of drug-likeness (QED) is 0.904. The highest BCUT2D eigenvalue weighted by atomic mass is 16.3. The van der Waals surface area contributed by atoms with Crippen molar-refractivity contribution in [3.63, 3.8) is 0 Å². The molecule has 0 aliphatic carbocycles. The van der Waals surface area contributed by atoms with Gasteiger partial charge in [-0.15, -0.1) is 0 Å². The fraction of sp³-hybridized carbons (Fsp3) is 0.312. The number of hydrogen-bond acceptors (Lipinski definition) is 4. The number of hydrogen-bond donors (Lipinski definition) is 1. The van der Waals surface area contributed by atoms with E-state index >= 15 is 0 Å². The first-order valence-corrected chi connectivity index (χ1v) is 7.18. The number of aromatic nitrogens is 1. The lowest BCUT2D eigenvalue weighted by molar-refractivity contribution is -0.129. The maximum Gasteiger partial charge on any atom is 0.225 e. The van der Waals surface area contributed by atoms with Crippen LogP contribution in [0.1, 0.15) is 17.5 Å². The summed E-state index contributed by atoms with van der Waals surface area (Å²) in [5.74, 6) is -0.367. The van der Waals surface area contributed by atoms with E-state index in [-0.39, 0.29) is 24.2 Å². The maximum absolute atomic E-state index is 12.2. The van der Waals surface area contributed by atoms with E-state index in [1.165, 1.54) is 0 Å². The van der Waals surface area contributed by atoms with Gasteiger partial charge in [-0.2, -0.15) is 0 Å². The van der Waals surface area contributed by atoms with Gasteiger partial charge in [-0.25, -0.2) is 0 Å². The molecule has 1 N–H and O–H groups in total. The Morgan fingerprint density at radius 2 is 2.14 bits per heavy atom. The number of carbonyl (C=O) groups excluding carboxylic acids is 2. The van der Waals surface area contributed by atoms with Gasteiger partial charge in [-0.05, 0) is 23.8 Å². The molecule has 0 saturated carbocycles. The molecule has 114 valence electrons. The third-order valence-corrected chi connectivity index (χ3v) is 3.75. The zero-order valence-corrected chi connectivity index (χ0v) is 12.1. The Balaban J connectivity index is 1.53. The third kappa shape index (κ3) is 3.33. The Morgan fingerprint density at radius 1 is 1.32 bits per heavy atom. The van der Waals surface area contributed by atoms with Crippen molar-refractivity contribution in [3.8, 4) is 0 Å². The van der Waals surface area contributed by atoms with E-state index in [0.29, 0.717) is 19.6 Å². The Labute approximate surface area is 128 Å². The molecule has 1 fully saturated rings. The standard InChI is InChI=1S/C16H17N3O3/c20-15-7-14(16(21)18-8-13-3-6-22-11-13)10-19(15)9-12-1-4-17-5-2-12/h1-6,11,14H,7-10H2,(H,18,21)/t14-/m1/s1. The Bertz CT molecular complexity index is 640. The van der Waals surface area contributed by atoms with E-state index in [2.05, 4.69) is 10.3 Å². The monoisotopic (exact) mass is 299 g/mol. The second-order valence-corrected chi connectivity index (χ2v) is 5.38. The first-order chi connectivity index (χ1) is 10.7. The Kier molecular flexibility index (Phi) is 4.18. The van der Waals surface area contributed by atoms with Crippen LogP contribution in [0.3, 0.4) is 0 Å². The minimum Gasteiger partial charge on any atom is -0.472 e. The number of amides is 2. The highest BCUT2D eigenvalue weighted by molar-refractivity contribution is 5.89. The number of rotatable bonds is 5. The number of furan rings is 1. The molecule has 3 heterocycles.